The zero-order valence-electron chi connectivity index (χ0n) is 17.4. The van der Waals surface area contributed by atoms with Crippen LogP contribution >= 0.6 is 0 Å². The average molecular weight is 410 g/mol. The first kappa shape index (κ1) is 19.6. The maximum Gasteiger partial charge on any atom is 0.251 e. The van der Waals surface area contributed by atoms with Crippen LogP contribution in [-0.4, -0.2) is 23.7 Å². The van der Waals surface area contributed by atoms with Gasteiger partial charge in [-0.05, 0) is 65.7 Å². The lowest BCUT2D eigenvalue weighted by molar-refractivity contribution is -0.120. The summed E-state index contributed by atoms with van der Waals surface area (Å²) in [6.45, 7) is 5.18. The Morgan fingerprint density at radius 2 is 1.97 bits per heavy atom. The van der Waals surface area contributed by atoms with Crippen LogP contribution in [0.2, 0.25) is 0 Å². The van der Waals surface area contributed by atoms with E-state index in [0.29, 0.717) is 18.4 Å². The van der Waals surface area contributed by atoms with Crippen LogP contribution in [0.1, 0.15) is 55.1 Å². The molecule has 5 heteroatoms. The second-order valence-corrected chi connectivity index (χ2v) is 9.82. The molecule has 0 radical (unpaired) electrons. The minimum absolute atomic E-state index is 0.00627. The van der Waals surface area contributed by atoms with Crippen LogP contribution in [0.4, 0.5) is 4.39 Å². The molecule has 0 unspecified atom stereocenters. The first-order valence-corrected chi connectivity index (χ1v) is 10.8. The summed E-state index contributed by atoms with van der Waals surface area (Å²) in [4.78, 5) is 13.1. The number of rotatable bonds is 3. The molecule has 3 aliphatic rings. The Balaban J connectivity index is 1.47. The van der Waals surface area contributed by atoms with Gasteiger partial charge in [-0.15, -0.1) is 0 Å². The topological polar surface area (TPSA) is 58.6 Å². The van der Waals surface area contributed by atoms with Gasteiger partial charge in [0.05, 0.1) is 6.10 Å². The van der Waals surface area contributed by atoms with Gasteiger partial charge >= 0.3 is 0 Å². The van der Waals surface area contributed by atoms with Crippen LogP contribution in [0, 0.1) is 28.5 Å². The van der Waals surface area contributed by atoms with Crippen LogP contribution < -0.4 is 5.32 Å². The summed E-state index contributed by atoms with van der Waals surface area (Å²) >= 11 is 0. The highest BCUT2D eigenvalue weighted by Gasteiger charge is 2.68. The van der Waals surface area contributed by atoms with Gasteiger partial charge in [0.25, 0.3) is 5.91 Å². The fourth-order valence-corrected chi connectivity index (χ4v) is 6.62. The fourth-order valence-electron chi connectivity index (χ4n) is 6.62. The molecule has 2 saturated carbocycles. The normalized spacial score (nSPS) is 33.8. The summed E-state index contributed by atoms with van der Waals surface area (Å²) in [7, 11) is 0. The molecule has 0 aromatic heterocycles. The standard InChI is InChI=1S/C25H28FNO3/c1-24(2)17-13-18-21(15-6-4-3-5-7-15)30-11-10-25(18,14-17)23(24)27-22(29)16-8-9-20(28)19(26)12-16/h3-9,12,17-18,21,23,28H,10-11,13-14H2,1-2H3,(H,27,29)/t17-,18-,21-,23+,25-/m1/s1. The summed E-state index contributed by atoms with van der Waals surface area (Å²) in [5.74, 6) is -0.636. The van der Waals surface area contributed by atoms with Crippen LogP contribution in [0.3, 0.4) is 0 Å². The summed E-state index contributed by atoms with van der Waals surface area (Å²) in [5.41, 5.74) is 1.39. The number of ether oxygens (including phenoxy) is 1. The Hall–Kier alpha value is -2.40. The first-order chi connectivity index (χ1) is 14.3. The SMILES string of the molecule is CC1(C)[C@@H]2C[C@@H]3[C@@H](c4ccccc4)OCC[C@]3(C2)[C@H]1NC(=O)c1ccc(O)c(F)c1. The number of amides is 1. The molecule has 1 amide bonds. The van der Waals surface area contributed by atoms with Crippen molar-refractivity contribution in [2.24, 2.45) is 22.7 Å². The third-order valence-corrected chi connectivity index (χ3v) is 8.12. The molecule has 2 aromatic carbocycles. The zero-order chi connectivity index (χ0) is 21.1. The Kier molecular flexibility index (Phi) is 4.44. The molecule has 5 atom stereocenters. The van der Waals surface area contributed by atoms with E-state index in [1.165, 1.54) is 17.7 Å². The Bertz CT molecular complexity index is 976. The van der Waals surface area contributed by atoms with Crippen molar-refractivity contribution in [2.75, 3.05) is 6.61 Å². The van der Waals surface area contributed by atoms with E-state index in [1.807, 2.05) is 6.07 Å². The second-order valence-electron chi connectivity index (χ2n) is 9.82. The second kappa shape index (κ2) is 6.81. The average Bonchev–Trinajstić information content (AvgIpc) is 3.23. The van der Waals surface area contributed by atoms with E-state index in [4.69, 9.17) is 4.74 Å². The highest BCUT2D eigenvalue weighted by molar-refractivity contribution is 5.94. The quantitative estimate of drug-likeness (QED) is 0.762. The number of nitrogens with one attached hydrogen (secondary N) is 1. The molecular formula is C25H28FNO3. The smallest absolute Gasteiger partial charge is 0.251 e. The highest BCUT2D eigenvalue weighted by atomic mass is 19.1. The van der Waals surface area contributed by atoms with E-state index in [0.717, 1.165) is 25.3 Å². The summed E-state index contributed by atoms with van der Waals surface area (Å²) in [6.07, 6.45) is 3.17. The first-order valence-electron chi connectivity index (χ1n) is 10.8. The van der Waals surface area contributed by atoms with Crippen molar-refractivity contribution in [3.63, 3.8) is 0 Å². The number of carbonyl (C=O) groups excluding carboxylic acids is 1. The van der Waals surface area contributed by atoms with Crippen LogP contribution in [0.15, 0.2) is 48.5 Å². The number of hydrogen-bond acceptors (Lipinski definition) is 3. The maximum absolute atomic E-state index is 13.8. The molecule has 2 aromatic rings. The summed E-state index contributed by atoms with van der Waals surface area (Å²) in [5, 5.41) is 12.7. The highest BCUT2D eigenvalue weighted by Crippen LogP contribution is 2.70. The molecule has 5 rings (SSSR count). The number of aromatic hydroxyl groups is 1. The van der Waals surface area contributed by atoms with E-state index in [-0.39, 0.29) is 34.4 Å². The largest absolute Gasteiger partial charge is 0.505 e. The number of carbonyl (C=O) groups is 1. The summed E-state index contributed by atoms with van der Waals surface area (Å²) < 4.78 is 20.1. The van der Waals surface area contributed by atoms with Gasteiger partial charge in [-0.1, -0.05) is 44.2 Å². The van der Waals surface area contributed by atoms with Gasteiger partial charge in [0.2, 0.25) is 0 Å². The lowest BCUT2D eigenvalue weighted by atomic mass is 9.59. The Labute approximate surface area is 176 Å². The number of fused-ring (bicyclic) bond motifs is 1. The van der Waals surface area contributed by atoms with Crippen molar-refractivity contribution in [3.05, 3.63) is 65.5 Å². The number of benzene rings is 2. The van der Waals surface area contributed by atoms with Crippen molar-refractivity contribution in [3.8, 4) is 5.75 Å². The molecule has 1 saturated heterocycles. The zero-order valence-corrected chi connectivity index (χ0v) is 17.4. The van der Waals surface area contributed by atoms with Crippen molar-refractivity contribution in [2.45, 2.75) is 45.3 Å². The van der Waals surface area contributed by atoms with E-state index >= 15 is 0 Å². The Morgan fingerprint density at radius 1 is 1.20 bits per heavy atom. The maximum atomic E-state index is 13.8. The molecule has 2 bridgehead atoms. The number of halogens is 1. The molecule has 1 heterocycles. The van der Waals surface area contributed by atoms with E-state index < -0.39 is 11.6 Å². The molecule has 3 fully saturated rings. The predicted molar refractivity (Wildman–Crippen MR) is 111 cm³/mol. The molecule has 4 nitrogen and oxygen atoms in total. The van der Waals surface area contributed by atoms with Crippen molar-refractivity contribution in [1.29, 1.82) is 0 Å². The van der Waals surface area contributed by atoms with Crippen molar-refractivity contribution >= 4 is 5.91 Å². The van der Waals surface area contributed by atoms with Gasteiger partial charge in [-0.25, -0.2) is 4.39 Å². The number of phenols is 1. The van der Waals surface area contributed by atoms with Crippen molar-refractivity contribution in [1.82, 2.24) is 5.32 Å². The third kappa shape index (κ3) is 2.78. The van der Waals surface area contributed by atoms with E-state index in [1.54, 1.807) is 0 Å². The lowest BCUT2D eigenvalue weighted by Crippen LogP contribution is -2.58. The van der Waals surface area contributed by atoms with Crippen LogP contribution in [0.5, 0.6) is 5.75 Å². The number of phenolic OH excluding ortho intramolecular Hbond substituents is 1. The van der Waals surface area contributed by atoms with Crippen LogP contribution in [0.25, 0.3) is 0 Å². The van der Waals surface area contributed by atoms with Gasteiger partial charge in [0.1, 0.15) is 0 Å². The fraction of sp³-hybridized carbons (Fsp3) is 0.480. The third-order valence-electron chi connectivity index (χ3n) is 8.12. The van der Waals surface area contributed by atoms with Gasteiger partial charge in [-0.3, -0.25) is 4.79 Å². The minimum Gasteiger partial charge on any atom is -0.505 e. The molecular weight excluding hydrogens is 381 g/mol. The van der Waals surface area contributed by atoms with E-state index in [2.05, 4.69) is 43.4 Å². The minimum atomic E-state index is -0.777. The molecule has 2 N–H and O–H groups in total. The summed E-state index contributed by atoms with van der Waals surface area (Å²) in [6, 6.07) is 14.2. The van der Waals surface area contributed by atoms with Gasteiger partial charge in [0.15, 0.2) is 11.6 Å². The Morgan fingerprint density at radius 3 is 2.70 bits per heavy atom. The van der Waals surface area contributed by atoms with Gasteiger partial charge < -0.3 is 15.2 Å². The number of hydrogen-bond donors (Lipinski definition) is 2. The molecule has 30 heavy (non-hydrogen) atoms. The van der Waals surface area contributed by atoms with Gasteiger partial charge in [-0.2, -0.15) is 0 Å². The predicted octanol–water partition coefficient (Wildman–Crippen LogP) is 4.84. The van der Waals surface area contributed by atoms with Crippen LogP contribution in [-0.2, 0) is 4.74 Å². The van der Waals surface area contributed by atoms with E-state index in [9.17, 15) is 14.3 Å². The lowest BCUT2D eigenvalue weighted by Gasteiger charge is -2.53. The van der Waals surface area contributed by atoms with Gasteiger partial charge in [0, 0.05) is 18.2 Å². The van der Waals surface area contributed by atoms with Crippen molar-refractivity contribution < 1.29 is 19.0 Å². The monoisotopic (exact) mass is 409 g/mol. The molecule has 158 valence electrons. The molecule has 1 spiro atoms. The molecule has 1 aliphatic heterocycles. The molecule has 2 aliphatic carbocycles.